The van der Waals surface area contributed by atoms with Crippen molar-refractivity contribution in [3.63, 3.8) is 0 Å². The molecule has 2 amide bonds. The van der Waals surface area contributed by atoms with Gasteiger partial charge in [-0.3, -0.25) is 9.59 Å². The molecule has 31 heavy (non-hydrogen) atoms. The summed E-state index contributed by atoms with van der Waals surface area (Å²) in [5.74, 6) is -1.26. The van der Waals surface area contributed by atoms with Crippen LogP contribution in [0.25, 0.3) is 0 Å². The summed E-state index contributed by atoms with van der Waals surface area (Å²) in [5, 5.41) is 9.83. The van der Waals surface area contributed by atoms with Gasteiger partial charge in [0, 0.05) is 18.2 Å². The van der Waals surface area contributed by atoms with E-state index in [0.29, 0.717) is 23.6 Å². The van der Waals surface area contributed by atoms with E-state index < -0.39 is 11.7 Å². The van der Waals surface area contributed by atoms with Crippen molar-refractivity contribution in [2.24, 2.45) is 0 Å². The molecule has 4 rings (SSSR count). The Kier molecular flexibility index (Phi) is 5.35. The SMILES string of the molecule is CC(C)(C)c1ccc(Cn2nccc2NC(=O)[C@@H]2CC(=O)Nc3cc(F)ccc32)cc1. The average molecular weight is 420 g/mol. The molecule has 7 heteroatoms. The number of benzene rings is 2. The summed E-state index contributed by atoms with van der Waals surface area (Å²) in [4.78, 5) is 25.0. The third-order valence-electron chi connectivity index (χ3n) is 5.49. The normalized spacial score (nSPS) is 15.9. The molecular weight excluding hydrogens is 395 g/mol. The zero-order chi connectivity index (χ0) is 22.2. The number of carbonyl (C=O) groups excluding carboxylic acids is 2. The molecule has 160 valence electrons. The van der Waals surface area contributed by atoms with Crippen LogP contribution >= 0.6 is 0 Å². The van der Waals surface area contributed by atoms with Crippen LogP contribution in [0.2, 0.25) is 0 Å². The number of hydrogen-bond acceptors (Lipinski definition) is 3. The van der Waals surface area contributed by atoms with E-state index >= 15 is 0 Å². The summed E-state index contributed by atoms with van der Waals surface area (Å²) < 4.78 is 15.2. The van der Waals surface area contributed by atoms with Gasteiger partial charge >= 0.3 is 0 Å². The summed E-state index contributed by atoms with van der Waals surface area (Å²) in [6.07, 6.45) is 1.63. The van der Waals surface area contributed by atoms with Gasteiger partial charge in [0.1, 0.15) is 11.6 Å². The van der Waals surface area contributed by atoms with Gasteiger partial charge in [-0.2, -0.15) is 5.10 Å². The number of carbonyl (C=O) groups is 2. The van der Waals surface area contributed by atoms with Gasteiger partial charge in [-0.1, -0.05) is 51.1 Å². The molecule has 0 saturated carbocycles. The zero-order valence-corrected chi connectivity index (χ0v) is 17.8. The van der Waals surface area contributed by atoms with Crippen LogP contribution in [0.15, 0.2) is 54.7 Å². The first-order valence-corrected chi connectivity index (χ1v) is 10.2. The summed E-state index contributed by atoms with van der Waals surface area (Å²) in [7, 11) is 0. The lowest BCUT2D eigenvalue weighted by atomic mass is 9.87. The summed E-state index contributed by atoms with van der Waals surface area (Å²) in [6, 6.07) is 14.1. The van der Waals surface area contributed by atoms with E-state index in [-0.39, 0.29) is 23.7 Å². The molecule has 1 aliphatic heterocycles. The van der Waals surface area contributed by atoms with Gasteiger partial charge in [0.2, 0.25) is 11.8 Å². The van der Waals surface area contributed by atoms with Gasteiger partial charge in [0.05, 0.1) is 18.7 Å². The van der Waals surface area contributed by atoms with Gasteiger partial charge in [-0.15, -0.1) is 0 Å². The molecule has 2 heterocycles. The Morgan fingerprint density at radius 2 is 1.94 bits per heavy atom. The van der Waals surface area contributed by atoms with Gasteiger partial charge in [0.25, 0.3) is 0 Å². The number of amides is 2. The smallest absolute Gasteiger partial charge is 0.233 e. The highest BCUT2D eigenvalue weighted by Gasteiger charge is 2.31. The molecule has 0 fully saturated rings. The highest BCUT2D eigenvalue weighted by molar-refractivity contribution is 6.04. The summed E-state index contributed by atoms with van der Waals surface area (Å²) in [5.41, 5.74) is 3.32. The second kappa shape index (κ2) is 7.98. The highest BCUT2D eigenvalue weighted by Crippen LogP contribution is 2.33. The minimum atomic E-state index is -0.696. The predicted octanol–water partition coefficient (Wildman–Crippen LogP) is 4.43. The maximum atomic E-state index is 13.5. The molecule has 6 nitrogen and oxygen atoms in total. The van der Waals surface area contributed by atoms with Crippen LogP contribution in [0.4, 0.5) is 15.9 Å². The third-order valence-corrected chi connectivity index (χ3v) is 5.49. The third kappa shape index (κ3) is 4.50. The molecule has 0 radical (unpaired) electrons. The molecule has 0 bridgehead atoms. The van der Waals surface area contributed by atoms with E-state index in [1.165, 1.54) is 17.7 Å². The molecular formula is C24H25FN4O2. The molecule has 2 aromatic carbocycles. The lowest BCUT2D eigenvalue weighted by Gasteiger charge is -2.25. The number of nitrogens with one attached hydrogen (secondary N) is 2. The Morgan fingerprint density at radius 3 is 2.65 bits per heavy atom. The van der Waals surface area contributed by atoms with Crippen molar-refractivity contribution in [2.75, 3.05) is 10.6 Å². The zero-order valence-electron chi connectivity index (χ0n) is 17.8. The molecule has 3 aromatic rings. The van der Waals surface area contributed by atoms with Crippen LogP contribution in [0.3, 0.4) is 0 Å². The van der Waals surface area contributed by atoms with Gasteiger partial charge in [-0.05, 0) is 34.2 Å². The van der Waals surface area contributed by atoms with Crippen LogP contribution in [0.1, 0.15) is 49.8 Å². The van der Waals surface area contributed by atoms with Crippen molar-refractivity contribution >= 4 is 23.3 Å². The van der Waals surface area contributed by atoms with Crippen LogP contribution in [0.5, 0.6) is 0 Å². The van der Waals surface area contributed by atoms with Gasteiger partial charge in [-0.25, -0.2) is 9.07 Å². The van der Waals surface area contributed by atoms with Gasteiger partial charge < -0.3 is 10.6 Å². The fourth-order valence-corrected chi connectivity index (χ4v) is 3.73. The van der Waals surface area contributed by atoms with E-state index in [1.54, 1.807) is 23.0 Å². The Morgan fingerprint density at radius 1 is 1.19 bits per heavy atom. The number of halogens is 1. The second-order valence-electron chi connectivity index (χ2n) is 8.85. The van der Waals surface area contributed by atoms with E-state index in [0.717, 1.165) is 5.56 Å². The summed E-state index contributed by atoms with van der Waals surface area (Å²) >= 11 is 0. The quantitative estimate of drug-likeness (QED) is 0.656. The van der Waals surface area contributed by atoms with Crippen LogP contribution in [-0.4, -0.2) is 21.6 Å². The maximum absolute atomic E-state index is 13.5. The van der Waals surface area contributed by atoms with E-state index in [1.807, 2.05) is 0 Å². The Balaban J connectivity index is 1.51. The first-order valence-electron chi connectivity index (χ1n) is 10.2. The maximum Gasteiger partial charge on any atom is 0.233 e. The largest absolute Gasteiger partial charge is 0.326 e. The predicted molar refractivity (Wildman–Crippen MR) is 117 cm³/mol. The van der Waals surface area contributed by atoms with Crippen LogP contribution in [-0.2, 0) is 21.5 Å². The molecule has 2 N–H and O–H groups in total. The molecule has 1 atom stereocenters. The van der Waals surface area contributed by atoms with Crippen molar-refractivity contribution < 1.29 is 14.0 Å². The topological polar surface area (TPSA) is 76.0 Å². The minimum Gasteiger partial charge on any atom is -0.326 e. The van der Waals surface area contributed by atoms with Crippen LogP contribution < -0.4 is 10.6 Å². The fourth-order valence-electron chi connectivity index (χ4n) is 3.73. The molecule has 0 aliphatic carbocycles. The van der Waals surface area contributed by atoms with E-state index in [9.17, 15) is 14.0 Å². The number of anilines is 2. The first kappa shape index (κ1) is 20.8. The molecule has 1 aromatic heterocycles. The van der Waals surface area contributed by atoms with Crippen molar-refractivity contribution in [1.82, 2.24) is 9.78 Å². The number of fused-ring (bicyclic) bond motifs is 1. The number of hydrogen-bond donors (Lipinski definition) is 2. The van der Waals surface area contributed by atoms with Crippen molar-refractivity contribution in [2.45, 2.75) is 45.1 Å². The van der Waals surface area contributed by atoms with Crippen LogP contribution in [0, 0.1) is 5.82 Å². The molecule has 1 aliphatic rings. The van der Waals surface area contributed by atoms with E-state index in [2.05, 4.69) is 60.8 Å². The Bertz CT molecular complexity index is 1130. The number of nitrogens with zero attached hydrogens (tertiary/aromatic N) is 2. The lowest BCUT2D eigenvalue weighted by molar-refractivity contribution is -0.123. The molecule has 0 saturated heterocycles. The Hall–Kier alpha value is -3.48. The Labute approximate surface area is 180 Å². The second-order valence-corrected chi connectivity index (χ2v) is 8.85. The number of aromatic nitrogens is 2. The fraction of sp³-hybridized carbons (Fsp3) is 0.292. The monoisotopic (exact) mass is 420 g/mol. The first-order chi connectivity index (χ1) is 14.7. The lowest BCUT2D eigenvalue weighted by Crippen LogP contribution is -2.31. The van der Waals surface area contributed by atoms with E-state index in [4.69, 9.17) is 0 Å². The standard InChI is InChI=1S/C24H25FN4O2/c1-24(2,3)16-6-4-15(5-7-16)14-29-21(10-11-26-29)28-23(31)19-13-22(30)27-20-12-17(25)8-9-18(19)20/h4-12,19H,13-14H2,1-3H3,(H,27,30)(H,28,31)/t19-/m1/s1. The molecule has 0 spiro atoms. The van der Waals surface area contributed by atoms with Crippen molar-refractivity contribution in [1.29, 1.82) is 0 Å². The highest BCUT2D eigenvalue weighted by atomic mass is 19.1. The average Bonchev–Trinajstić information content (AvgIpc) is 3.13. The molecule has 0 unspecified atom stereocenters. The van der Waals surface area contributed by atoms with Gasteiger partial charge in [0.15, 0.2) is 0 Å². The summed E-state index contributed by atoms with van der Waals surface area (Å²) in [6.45, 7) is 7.00. The number of rotatable bonds is 4. The van der Waals surface area contributed by atoms with Crippen molar-refractivity contribution in [3.8, 4) is 0 Å². The van der Waals surface area contributed by atoms with Crippen molar-refractivity contribution in [3.05, 3.63) is 77.2 Å². The minimum absolute atomic E-state index is 0.00681.